The Labute approximate surface area is 228 Å². The molecule has 12 heteroatoms. The summed E-state index contributed by atoms with van der Waals surface area (Å²) < 4.78 is 54.1. The number of thiazole rings is 1. The third-order valence-electron chi connectivity index (χ3n) is 4.83. The molecule has 37 heavy (non-hydrogen) atoms. The number of carbonyl (C=O) groups is 1. The Morgan fingerprint density at radius 3 is 1.89 bits per heavy atom. The van der Waals surface area contributed by atoms with Crippen LogP contribution in [0.1, 0.15) is 20.8 Å². The highest BCUT2D eigenvalue weighted by atomic mass is 35.5. The van der Waals surface area contributed by atoms with Crippen molar-refractivity contribution in [3.05, 3.63) is 106 Å². The normalized spacial score (nSPS) is 14.3. The number of nitrogens with zero attached hydrogens (tertiary/aromatic N) is 1. The molecule has 2 aromatic heterocycles. The van der Waals surface area contributed by atoms with E-state index in [1.54, 1.807) is 78.2 Å². The van der Waals surface area contributed by atoms with Crippen LogP contribution in [-0.4, -0.2) is 16.9 Å². The van der Waals surface area contributed by atoms with Gasteiger partial charge >= 0.3 is 6.18 Å². The maximum Gasteiger partial charge on any atom is 0.455 e. The Bertz CT molecular complexity index is 1440. The lowest BCUT2D eigenvalue weighted by Crippen LogP contribution is -2.22. The lowest BCUT2D eigenvalue weighted by molar-refractivity contribution is -0.0882. The number of benzene rings is 2. The number of ketones is 1. The van der Waals surface area contributed by atoms with E-state index in [2.05, 4.69) is 10.1 Å². The zero-order chi connectivity index (χ0) is 26.6. The smallest absolute Gasteiger partial charge is 0.306 e. The van der Waals surface area contributed by atoms with Crippen LogP contribution in [0.2, 0.25) is 0 Å². The van der Waals surface area contributed by atoms with Crippen LogP contribution in [0.5, 0.6) is 0 Å². The van der Waals surface area contributed by atoms with Crippen LogP contribution >= 0.6 is 53.2 Å². The Morgan fingerprint density at radius 2 is 1.43 bits per heavy atom. The van der Waals surface area contributed by atoms with E-state index in [9.17, 15) is 22.5 Å². The predicted octanol–water partition coefficient (Wildman–Crippen LogP) is 9.78. The number of thiophene rings is 1. The molecule has 1 N–H and O–H groups in total. The summed E-state index contributed by atoms with van der Waals surface area (Å²) in [5.41, 5.74) is 0.996. The molecule has 0 spiro atoms. The zero-order valence-electron chi connectivity index (χ0n) is 18.6. The maximum atomic E-state index is 14.2. The van der Waals surface area contributed by atoms with Gasteiger partial charge in [0.1, 0.15) is 10.6 Å². The summed E-state index contributed by atoms with van der Waals surface area (Å²) in [7, 11) is -3.82. The molecule has 0 unspecified atom stereocenters. The second-order valence-electron chi connectivity index (χ2n) is 7.51. The number of Topliss-reactive ketones (excluding diaryl/α,β-unsaturated/α-hetero) is 1. The van der Waals surface area contributed by atoms with Gasteiger partial charge in [-0.3, -0.25) is 9.36 Å². The first kappa shape index (κ1) is 27.4. The van der Waals surface area contributed by atoms with Crippen molar-refractivity contribution >= 4 is 74.1 Å². The van der Waals surface area contributed by atoms with Crippen molar-refractivity contribution < 1.29 is 22.5 Å². The minimum Gasteiger partial charge on any atom is -0.306 e. The van der Waals surface area contributed by atoms with Crippen LogP contribution in [0.15, 0.2) is 89.8 Å². The summed E-state index contributed by atoms with van der Waals surface area (Å²) in [5, 5.41) is 4.48. The number of hydrogen-bond donors (Lipinski definition) is 1. The van der Waals surface area contributed by atoms with Gasteiger partial charge < -0.3 is 5.09 Å². The highest BCUT2D eigenvalue weighted by molar-refractivity contribution is 7.72. The van der Waals surface area contributed by atoms with E-state index in [1.165, 1.54) is 11.6 Å². The molecule has 2 heterocycles. The van der Waals surface area contributed by atoms with Gasteiger partial charge in [-0.05, 0) is 22.6 Å². The van der Waals surface area contributed by atoms with Crippen molar-refractivity contribution in [2.45, 2.75) is 6.18 Å². The number of halogens is 5. The van der Waals surface area contributed by atoms with Crippen molar-refractivity contribution in [3.63, 3.8) is 0 Å². The van der Waals surface area contributed by atoms with E-state index in [-0.39, 0.29) is 20.9 Å². The molecular formula is C25H16Cl2F3N2O2PS2. The largest absolute Gasteiger partial charge is 0.455 e. The van der Waals surface area contributed by atoms with Crippen LogP contribution in [0.25, 0.3) is 20.6 Å². The van der Waals surface area contributed by atoms with Crippen molar-refractivity contribution in [2.24, 2.45) is 0 Å². The Kier molecular flexibility index (Phi) is 8.41. The Balaban J connectivity index is 1.81. The zero-order valence-corrected chi connectivity index (χ0v) is 22.6. The molecule has 4 aromatic rings. The van der Waals surface area contributed by atoms with Gasteiger partial charge in [0.2, 0.25) is 7.29 Å². The molecule has 0 aliphatic carbocycles. The average Bonchev–Trinajstić information content (AvgIpc) is 3.54. The van der Waals surface area contributed by atoms with Gasteiger partial charge in [-0.15, -0.1) is 11.3 Å². The Hall–Kier alpha value is -2.68. The van der Waals surface area contributed by atoms with Gasteiger partial charge in [-0.25, -0.2) is 4.98 Å². The fraction of sp³-hybridized carbons (Fsp3) is 0.0400. The summed E-state index contributed by atoms with van der Waals surface area (Å²) in [6.45, 7) is 0. The molecule has 190 valence electrons. The summed E-state index contributed by atoms with van der Waals surface area (Å²) >= 11 is 14.5. The average molecular weight is 599 g/mol. The van der Waals surface area contributed by atoms with Crippen LogP contribution in [0.4, 0.5) is 18.3 Å². The second kappa shape index (κ2) is 11.4. The van der Waals surface area contributed by atoms with Crippen molar-refractivity contribution in [1.82, 2.24) is 4.98 Å². The lowest BCUT2D eigenvalue weighted by Gasteiger charge is -2.13. The number of aromatic nitrogens is 1. The van der Waals surface area contributed by atoms with Gasteiger partial charge in [0.15, 0.2) is 5.13 Å². The molecule has 0 aliphatic rings. The Morgan fingerprint density at radius 1 is 0.892 bits per heavy atom. The molecule has 0 aliphatic heterocycles. The van der Waals surface area contributed by atoms with Gasteiger partial charge in [0.05, 0.1) is 14.9 Å². The SMILES string of the molecule is O=C(c1sc(NP(=O)(C=C(Cl)c2ccccc2)C=C(Cl)c2ccccc2)nc1-c1cccs1)C(F)(F)F. The minimum absolute atomic E-state index is 0.131. The van der Waals surface area contributed by atoms with Gasteiger partial charge in [0.25, 0.3) is 5.78 Å². The van der Waals surface area contributed by atoms with Crippen LogP contribution in [-0.2, 0) is 4.57 Å². The van der Waals surface area contributed by atoms with E-state index in [4.69, 9.17) is 23.2 Å². The fourth-order valence-electron chi connectivity index (χ4n) is 3.16. The maximum absolute atomic E-state index is 14.2. The number of rotatable bonds is 8. The molecule has 0 saturated heterocycles. The minimum atomic E-state index is -5.10. The standard InChI is InChI=1S/C25H16Cl2F3N2O2PS2/c26-18(16-8-3-1-4-9-16)14-35(34,15-19(27)17-10-5-2-6-11-17)32-24-31-21(20-12-7-13-36-20)22(37-24)23(33)25(28,29)30/h1-15H,(H,31,32,34). The first-order valence-electron chi connectivity index (χ1n) is 10.5. The molecule has 4 nitrogen and oxygen atoms in total. The fourth-order valence-corrected chi connectivity index (χ4v) is 8.00. The number of hydrogen-bond acceptors (Lipinski definition) is 5. The molecule has 2 aromatic carbocycles. The topological polar surface area (TPSA) is 59.1 Å². The predicted molar refractivity (Wildman–Crippen MR) is 148 cm³/mol. The molecular weight excluding hydrogens is 583 g/mol. The number of carbonyl (C=O) groups excluding carboxylic acids is 1. The molecule has 0 amide bonds. The molecule has 4 rings (SSSR count). The van der Waals surface area contributed by atoms with Crippen LogP contribution in [0, 0.1) is 0 Å². The summed E-state index contributed by atoms with van der Waals surface area (Å²) in [6, 6.07) is 20.6. The summed E-state index contributed by atoms with van der Waals surface area (Å²) in [4.78, 5) is 16.1. The van der Waals surface area contributed by atoms with E-state index in [0.717, 1.165) is 11.3 Å². The summed E-state index contributed by atoms with van der Waals surface area (Å²) in [6.07, 6.45) is -5.10. The lowest BCUT2D eigenvalue weighted by atomic mass is 10.2. The van der Waals surface area contributed by atoms with Crippen molar-refractivity contribution in [3.8, 4) is 10.6 Å². The second-order valence-corrected chi connectivity index (χ2v) is 12.4. The highest BCUT2D eigenvalue weighted by Gasteiger charge is 2.42. The molecule has 0 fully saturated rings. The molecule has 0 saturated carbocycles. The van der Waals surface area contributed by atoms with E-state index in [0.29, 0.717) is 27.3 Å². The number of anilines is 1. The monoisotopic (exact) mass is 598 g/mol. The van der Waals surface area contributed by atoms with E-state index >= 15 is 0 Å². The molecule has 0 bridgehead atoms. The van der Waals surface area contributed by atoms with Gasteiger partial charge in [0, 0.05) is 11.6 Å². The first-order chi connectivity index (χ1) is 17.6. The van der Waals surface area contributed by atoms with Gasteiger partial charge in [-0.2, -0.15) is 13.2 Å². The van der Waals surface area contributed by atoms with Gasteiger partial charge in [-0.1, -0.05) is 101 Å². The van der Waals surface area contributed by atoms with E-state index in [1.807, 2.05) is 0 Å². The first-order valence-corrected chi connectivity index (χ1v) is 14.8. The summed E-state index contributed by atoms with van der Waals surface area (Å²) in [5.74, 6) is 0.478. The quantitative estimate of drug-likeness (QED) is 0.162. The van der Waals surface area contributed by atoms with Crippen LogP contribution < -0.4 is 5.09 Å². The third kappa shape index (κ3) is 6.80. The van der Waals surface area contributed by atoms with Crippen molar-refractivity contribution in [2.75, 3.05) is 5.09 Å². The highest BCUT2D eigenvalue weighted by Crippen LogP contribution is 2.54. The number of alkyl halides is 3. The molecule has 0 radical (unpaired) electrons. The van der Waals surface area contributed by atoms with Crippen LogP contribution in [0.3, 0.4) is 0 Å². The van der Waals surface area contributed by atoms with E-state index < -0.39 is 24.1 Å². The molecule has 0 atom stereocenters. The van der Waals surface area contributed by atoms with Crippen molar-refractivity contribution in [1.29, 1.82) is 0 Å². The number of nitrogens with one attached hydrogen (secondary N) is 1. The third-order valence-corrected chi connectivity index (χ3v) is 9.63.